The molecule has 0 amide bonds. The molecule has 0 bridgehead atoms. The third-order valence-electron chi connectivity index (χ3n) is 10.3. The summed E-state index contributed by atoms with van der Waals surface area (Å²) in [5, 5.41) is 11.9. The topological polar surface area (TPSA) is 72.8 Å². The van der Waals surface area contributed by atoms with E-state index in [-0.39, 0.29) is 35.0 Å². The van der Waals surface area contributed by atoms with E-state index >= 15 is 0 Å². The van der Waals surface area contributed by atoms with Crippen LogP contribution in [0.1, 0.15) is 86.5 Å². The minimum atomic E-state index is -0.923. The Morgan fingerprint density at radius 3 is 2.23 bits per heavy atom. The summed E-state index contributed by atoms with van der Waals surface area (Å²) in [6.07, 6.45) is 6.13. The number of rotatable bonds is 2. The SMILES string of the molecule is CC(=O)O[C@H]1C[C@@H](C)[C@]2(C)[C@H]3CC[C@]4(C)[C@@H](OC(C)=O)CC[C@H]4[C@@H]3C[C@@](C)(O)[C@@]2(Br)C1. The van der Waals surface area contributed by atoms with Crippen molar-refractivity contribution in [3.63, 3.8) is 0 Å². The Morgan fingerprint density at radius 1 is 0.968 bits per heavy atom. The maximum absolute atomic E-state index is 11.9. The molecule has 0 aromatic heterocycles. The Labute approximate surface area is 195 Å². The fourth-order valence-electron chi connectivity index (χ4n) is 8.71. The van der Waals surface area contributed by atoms with Crippen molar-refractivity contribution in [1.82, 2.24) is 0 Å². The predicted molar refractivity (Wildman–Crippen MR) is 122 cm³/mol. The maximum atomic E-state index is 11.9. The summed E-state index contributed by atoms with van der Waals surface area (Å²) in [6, 6.07) is 0. The third kappa shape index (κ3) is 3.25. The fraction of sp³-hybridized carbons (Fsp3) is 0.920. The largest absolute Gasteiger partial charge is 0.462 e. The van der Waals surface area contributed by atoms with Gasteiger partial charge in [-0.3, -0.25) is 9.59 Å². The molecule has 0 heterocycles. The molecule has 0 unspecified atom stereocenters. The van der Waals surface area contributed by atoms with Gasteiger partial charge in [0.15, 0.2) is 0 Å². The first-order valence-corrected chi connectivity index (χ1v) is 12.8. The van der Waals surface area contributed by atoms with Crippen LogP contribution in [0.2, 0.25) is 0 Å². The van der Waals surface area contributed by atoms with Crippen LogP contribution in [0.15, 0.2) is 0 Å². The number of hydrogen-bond acceptors (Lipinski definition) is 5. The lowest BCUT2D eigenvalue weighted by Gasteiger charge is -2.70. The van der Waals surface area contributed by atoms with E-state index in [0.29, 0.717) is 30.1 Å². The van der Waals surface area contributed by atoms with Gasteiger partial charge < -0.3 is 14.6 Å². The molecule has 5 nitrogen and oxygen atoms in total. The second kappa shape index (κ2) is 7.44. The zero-order valence-electron chi connectivity index (χ0n) is 19.9. The van der Waals surface area contributed by atoms with Crippen molar-refractivity contribution in [2.24, 2.45) is 34.5 Å². The summed E-state index contributed by atoms with van der Waals surface area (Å²) in [5.41, 5.74) is -1.05. The number of ether oxygens (including phenoxy) is 2. The van der Waals surface area contributed by atoms with Crippen molar-refractivity contribution in [1.29, 1.82) is 0 Å². The van der Waals surface area contributed by atoms with Crippen molar-refractivity contribution >= 4 is 27.9 Å². The first kappa shape index (κ1) is 23.5. The van der Waals surface area contributed by atoms with Crippen molar-refractivity contribution in [3.8, 4) is 0 Å². The zero-order valence-corrected chi connectivity index (χ0v) is 21.5. The molecule has 4 aliphatic carbocycles. The quantitative estimate of drug-likeness (QED) is 0.427. The van der Waals surface area contributed by atoms with Crippen molar-refractivity contribution in [2.45, 2.75) is 109 Å². The van der Waals surface area contributed by atoms with Crippen LogP contribution in [-0.2, 0) is 19.1 Å². The van der Waals surface area contributed by atoms with Gasteiger partial charge in [-0.1, -0.05) is 36.7 Å². The minimum absolute atomic E-state index is 0.0101. The molecular formula is C25H39BrO5. The molecule has 176 valence electrons. The van der Waals surface area contributed by atoms with Gasteiger partial charge in [-0.15, -0.1) is 0 Å². The van der Waals surface area contributed by atoms with Crippen molar-refractivity contribution in [2.75, 3.05) is 0 Å². The molecule has 4 aliphatic rings. The molecule has 0 saturated heterocycles. The van der Waals surface area contributed by atoms with E-state index in [4.69, 9.17) is 9.47 Å². The lowest BCUT2D eigenvalue weighted by molar-refractivity contribution is -0.214. The Morgan fingerprint density at radius 2 is 1.61 bits per heavy atom. The van der Waals surface area contributed by atoms with Gasteiger partial charge in [0.25, 0.3) is 0 Å². The van der Waals surface area contributed by atoms with Gasteiger partial charge in [-0.05, 0) is 74.5 Å². The van der Waals surface area contributed by atoms with Gasteiger partial charge in [0.2, 0.25) is 0 Å². The Bertz CT molecular complexity index is 767. The molecule has 6 heteroatoms. The van der Waals surface area contributed by atoms with Crippen LogP contribution in [0, 0.1) is 34.5 Å². The Kier molecular flexibility index (Phi) is 5.65. The summed E-state index contributed by atoms with van der Waals surface area (Å²) < 4.78 is 10.9. The second-order valence-corrected chi connectivity index (χ2v) is 13.1. The summed E-state index contributed by atoms with van der Waals surface area (Å²) in [7, 11) is 0. The van der Waals surface area contributed by atoms with Crippen LogP contribution in [0.25, 0.3) is 0 Å². The summed E-state index contributed by atoms with van der Waals surface area (Å²) in [5.74, 6) is 1.20. The van der Waals surface area contributed by atoms with E-state index < -0.39 is 9.93 Å². The van der Waals surface area contributed by atoms with E-state index in [1.165, 1.54) is 13.8 Å². The number of aliphatic hydroxyl groups is 1. The summed E-state index contributed by atoms with van der Waals surface area (Å²) >= 11 is 4.10. The normalized spacial score (nSPS) is 53.7. The highest BCUT2D eigenvalue weighted by Crippen LogP contribution is 2.72. The molecule has 4 rings (SSSR count). The van der Waals surface area contributed by atoms with E-state index in [9.17, 15) is 14.7 Å². The van der Waals surface area contributed by atoms with Gasteiger partial charge >= 0.3 is 11.9 Å². The second-order valence-electron chi connectivity index (χ2n) is 11.7. The van der Waals surface area contributed by atoms with Gasteiger partial charge in [0.05, 0.1) is 9.93 Å². The highest BCUT2D eigenvalue weighted by Gasteiger charge is 2.72. The number of fused-ring (bicyclic) bond motifs is 5. The van der Waals surface area contributed by atoms with Crippen molar-refractivity contribution < 1.29 is 24.2 Å². The van der Waals surface area contributed by atoms with Gasteiger partial charge in [-0.25, -0.2) is 0 Å². The molecule has 0 aliphatic heterocycles. The highest BCUT2D eigenvalue weighted by atomic mass is 79.9. The lowest BCUT2D eigenvalue weighted by Crippen LogP contribution is -2.72. The Hall–Kier alpha value is -0.620. The fourth-order valence-corrected chi connectivity index (χ4v) is 9.92. The van der Waals surface area contributed by atoms with E-state index in [1.54, 1.807) is 0 Å². The minimum Gasteiger partial charge on any atom is -0.462 e. The molecule has 1 N–H and O–H groups in total. The first-order valence-electron chi connectivity index (χ1n) is 12.0. The third-order valence-corrected chi connectivity index (χ3v) is 12.3. The molecule has 0 aromatic rings. The van der Waals surface area contributed by atoms with Gasteiger partial charge in [-0.2, -0.15) is 0 Å². The average molecular weight is 499 g/mol. The van der Waals surface area contributed by atoms with Crippen LogP contribution < -0.4 is 0 Å². The van der Waals surface area contributed by atoms with Crippen LogP contribution in [0.5, 0.6) is 0 Å². The Balaban J connectivity index is 1.70. The molecule has 10 atom stereocenters. The standard InChI is InChI=1S/C25H39BrO5/c1-14-11-17(30-15(2)27)12-25(26)23(5,29)13-18-19-7-8-21(31-16(3)28)22(19,4)10-9-20(18)24(14,25)6/h14,17-21,29H,7-13H2,1-6H3/t14-,17+,18+,19+,20+,21+,22+,23-,24-,25+/m1/s1. The monoisotopic (exact) mass is 498 g/mol. The van der Waals surface area contributed by atoms with E-state index in [1.807, 2.05) is 6.92 Å². The number of carbonyl (C=O) groups excluding carboxylic acids is 2. The molecule has 4 saturated carbocycles. The van der Waals surface area contributed by atoms with Crippen LogP contribution in [-0.4, -0.2) is 39.2 Å². The summed E-state index contributed by atoms with van der Waals surface area (Å²) in [6.45, 7) is 11.9. The average Bonchev–Trinajstić information content (AvgIpc) is 2.94. The number of halogens is 1. The smallest absolute Gasteiger partial charge is 0.302 e. The number of esters is 2. The number of hydrogen-bond donors (Lipinski definition) is 1. The van der Waals surface area contributed by atoms with Crippen LogP contribution >= 0.6 is 15.9 Å². The maximum Gasteiger partial charge on any atom is 0.302 e. The van der Waals surface area contributed by atoms with E-state index in [2.05, 4.69) is 36.7 Å². The zero-order chi connectivity index (χ0) is 23.0. The van der Waals surface area contributed by atoms with Crippen LogP contribution in [0.4, 0.5) is 0 Å². The predicted octanol–water partition coefficient (Wildman–Crippen LogP) is 5.02. The van der Waals surface area contributed by atoms with E-state index in [0.717, 1.165) is 38.5 Å². The van der Waals surface area contributed by atoms with Crippen LogP contribution in [0.3, 0.4) is 0 Å². The number of alkyl halides is 1. The molecule has 0 aromatic carbocycles. The van der Waals surface area contributed by atoms with Gasteiger partial charge in [0, 0.05) is 25.7 Å². The molecule has 0 radical (unpaired) electrons. The molecular weight excluding hydrogens is 460 g/mol. The number of carbonyl (C=O) groups is 2. The summed E-state index contributed by atoms with van der Waals surface area (Å²) in [4.78, 5) is 23.4. The molecule has 0 spiro atoms. The lowest BCUT2D eigenvalue weighted by atomic mass is 9.40. The highest BCUT2D eigenvalue weighted by molar-refractivity contribution is 9.10. The van der Waals surface area contributed by atoms with Gasteiger partial charge in [0.1, 0.15) is 12.2 Å². The molecule has 31 heavy (non-hydrogen) atoms. The first-order chi connectivity index (χ1) is 14.3. The van der Waals surface area contributed by atoms with Crippen molar-refractivity contribution in [3.05, 3.63) is 0 Å². The molecule has 4 fully saturated rings.